The Labute approximate surface area is 120 Å². The van der Waals surface area contributed by atoms with E-state index in [1.54, 1.807) is 0 Å². The highest BCUT2D eigenvalue weighted by Gasteiger charge is 2.07. The van der Waals surface area contributed by atoms with Gasteiger partial charge in [-0.25, -0.2) is 0 Å². The third-order valence-electron chi connectivity index (χ3n) is 2.99. The summed E-state index contributed by atoms with van der Waals surface area (Å²) in [5.41, 5.74) is 7.13. The van der Waals surface area contributed by atoms with Crippen LogP contribution in [0.15, 0.2) is 23.1 Å². The van der Waals surface area contributed by atoms with Crippen molar-refractivity contribution in [3.05, 3.63) is 28.8 Å². The van der Waals surface area contributed by atoms with Crippen molar-refractivity contribution in [1.29, 1.82) is 0 Å². The van der Waals surface area contributed by atoms with Gasteiger partial charge in [-0.3, -0.25) is 0 Å². The maximum Gasteiger partial charge on any atom is 0.0449 e. The van der Waals surface area contributed by atoms with Gasteiger partial charge in [0, 0.05) is 16.0 Å². The highest BCUT2D eigenvalue weighted by atomic mass is 35.5. The van der Waals surface area contributed by atoms with Gasteiger partial charge in [0.2, 0.25) is 0 Å². The molecule has 102 valence electrons. The Hall–Kier alpha value is -0.180. The summed E-state index contributed by atoms with van der Waals surface area (Å²) in [5, 5.41) is 0.855. The molecule has 0 saturated heterocycles. The Morgan fingerprint density at radius 3 is 2.61 bits per heavy atom. The molecular weight excluding hydrogens is 262 g/mol. The minimum Gasteiger partial charge on any atom is -0.327 e. The molecule has 2 N–H and O–H groups in total. The summed E-state index contributed by atoms with van der Waals surface area (Å²) in [4.78, 5) is 1.26. The lowest BCUT2D eigenvalue weighted by Gasteiger charge is -2.11. The number of rotatable bonds is 7. The summed E-state index contributed by atoms with van der Waals surface area (Å²) in [6.07, 6.45) is 3.10. The highest BCUT2D eigenvalue weighted by molar-refractivity contribution is 7.99. The maximum absolute atomic E-state index is 6.30. The highest BCUT2D eigenvalue weighted by Crippen LogP contribution is 2.27. The van der Waals surface area contributed by atoms with Crippen LogP contribution in [0.5, 0.6) is 0 Å². The monoisotopic (exact) mass is 285 g/mol. The first-order valence-corrected chi connectivity index (χ1v) is 8.06. The van der Waals surface area contributed by atoms with E-state index in [0.29, 0.717) is 0 Å². The van der Waals surface area contributed by atoms with Crippen molar-refractivity contribution in [3.8, 4) is 0 Å². The maximum atomic E-state index is 6.30. The van der Waals surface area contributed by atoms with Crippen LogP contribution in [0.2, 0.25) is 5.02 Å². The molecule has 0 aliphatic carbocycles. The van der Waals surface area contributed by atoms with Crippen LogP contribution in [-0.4, -0.2) is 11.8 Å². The van der Waals surface area contributed by atoms with Crippen LogP contribution in [0.25, 0.3) is 0 Å². The molecule has 1 nitrogen and oxygen atoms in total. The number of nitrogens with two attached hydrogens (primary N) is 1. The van der Waals surface area contributed by atoms with Gasteiger partial charge in [0.25, 0.3) is 0 Å². The Bertz CT molecular complexity index is 366. The summed E-state index contributed by atoms with van der Waals surface area (Å²) >= 11 is 8.18. The van der Waals surface area contributed by atoms with Crippen molar-refractivity contribution in [3.63, 3.8) is 0 Å². The molecule has 1 unspecified atom stereocenters. The topological polar surface area (TPSA) is 26.0 Å². The lowest BCUT2D eigenvalue weighted by molar-refractivity contribution is 0.632. The van der Waals surface area contributed by atoms with Crippen molar-refractivity contribution >= 4 is 23.4 Å². The van der Waals surface area contributed by atoms with Crippen LogP contribution in [0.4, 0.5) is 0 Å². The fourth-order valence-corrected chi connectivity index (χ4v) is 3.14. The molecule has 1 atom stereocenters. The zero-order valence-corrected chi connectivity index (χ0v) is 13.2. The Balaban J connectivity index is 2.56. The van der Waals surface area contributed by atoms with E-state index in [1.165, 1.54) is 16.9 Å². The molecule has 0 bridgehead atoms. The summed E-state index contributed by atoms with van der Waals surface area (Å²) in [5.74, 6) is 1.91. The van der Waals surface area contributed by atoms with E-state index >= 15 is 0 Å². The molecule has 3 heteroatoms. The van der Waals surface area contributed by atoms with Crippen molar-refractivity contribution < 1.29 is 0 Å². The standard InChI is InChI=1S/C15H24ClNS/c1-4-13(17)9-12-5-6-14(10-15(12)16)18-8-7-11(2)3/h5-6,10-11,13H,4,7-9,17H2,1-3H3. The van der Waals surface area contributed by atoms with Gasteiger partial charge < -0.3 is 5.73 Å². The third kappa shape index (κ3) is 5.64. The minimum absolute atomic E-state index is 0.210. The average Bonchev–Trinajstić information content (AvgIpc) is 2.32. The van der Waals surface area contributed by atoms with Gasteiger partial charge in [-0.1, -0.05) is 38.4 Å². The smallest absolute Gasteiger partial charge is 0.0449 e. The second-order valence-corrected chi connectivity index (χ2v) is 6.73. The summed E-state index contributed by atoms with van der Waals surface area (Å²) < 4.78 is 0. The summed E-state index contributed by atoms with van der Waals surface area (Å²) in [6, 6.07) is 6.57. The van der Waals surface area contributed by atoms with Gasteiger partial charge in [0.1, 0.15) is 0 Å². The van der Waals surface area contributed by atoms with E-state index in [1.807, 2.05) is 11.8 Å². The number of benzene rings is 1. The third-order valence-corrected chi connectivity index (χ3v) is 4.37. The Morgan fingerprint density at radius 2 is 2.06 bits per heavy atom. The summed E-state index contributed by atoms with van der Waals surface area (Å²) in [7, 11) is 0. The molecule has 1 aromatic rings. The second kappa shape index (κ2) is 8.08. The lowest BCUT2D eigenvalue weighted by Crippen LogP contribution is -2.21. The quantitative estimate of drug-likeness (QED) is 0.731. The first-order valence-electron chi connectivity index (χ1n) is 6.69. The van der Waals surface area contributed by atoms with Crippen LogP contribution < -0.4 is 5.73 Å². The second-order valence-electron chi connectivity index (χ2n) is 5.16. The minimum atomic E-state index is 0.210. The molecule has 0 amide bonds. The molecule has 0 spiro atoms. The largest absolute Gasteiger partial charge is 0.327 e. The molecule has 0 aromatic heterocycles. The van der Waals surface area contributed by atoms with Gasteiger partial charge in [0.05, 0.1) is 0 Å². The summed E-state index contributed by atoms with van der Waals surface area (Å²) in [6.45, 7) is 6.61. The van der Waals surface area contributed by atoms with Crippen molar-refractivity contribution in [1.82, 2.24) is 0 Å². The van der Waals surface area contributed by atoms with Gasteiger partial charge >= 0.3 is 0 Å². The van der Waals surface area contributed by atoms with E-state index < -0.39 is 0 Å². The molecule has 18 heavy (non-hydrogen) atoms. The molecule has 0 aliphatic heterocycles. The van der Waals surface area contributed by atoms with Crippen LogP contribution in [0.1, 0.15) is 39.2 Å². The van der Waals surface area contributed by atoms with Gasteiger partial charge in [-0.15, -0.1) is 11.8 Å². The molecule has 0 aliphatic rings. The molecular formula is C15H24ClNS. The van der Waals surface area contributed by atoms with Crippen molar-refractivity contribution in [2.75, 3.05) is 5.75 Å². The van der Waals surface area contributed by atoms with Gasteiger partial charge in [0.15, 0.2) is 0 Å². The molecule has 0 saturated carbocycles. The first-order chi connectivity index (χ1) is 8.52. The van der Waals surface area contributed by atoms with E-state index in [9.17, 15) is 0 Å². The number of halogens is 1. The molecule has 0 fully saturated rings. The van der Waals surface area contributed by atoms with Gasteiger partial charge in [-0.05, 0) is 48.6 Å². The first kappa shape index (κ1) is 15.9. The van der Waals surface area contributed by atoms with E-state index in [-0.39, 0.29) is 6.04 Å². The molecule has 1 rings (SSSR count). The lowest BCUT2D eigenvalue weighted by atomic mass is 10.1. The average molecular weight is 286 g/mol. The zero-order valence-electron chi connectivity index (χ0n) is 11.6. The predicted octanol–water partition coefficient (Wildman–Crippen LogP) is 4.76. The van der Waals surface area contributed by atoms with Crippen LogP contribution in [0.3, 0.4) is 0 Å². The van der Waals surface area contributed by atoms with Crippen LogP contribution >= 0.6 is 23.4 Å². The van der Waals surface area contributed by atoms with E-state index in [2.05, 4.69) is 39.0 Å². The van der Waals surface area contributed by atoms with Gasteiger partial charge in [-0.2, -0.15) is 0 Å². The number of hydrogen-bond donors (Lipinski definition) is 1. The SMILES string of the molecule is CCC(N)Cc1ccc(SCCC(C)C)cc1Cl. The fraction of sp³-hybridized carbons (Fsp3) is 0.600. The number of thioether (sulfide) groups is 1. The van der Waals surface area contributed by atoms with Crippen LogP contribution in [0, 0.1) is 5.92 Å². The van der Waals surface area contributed by atoms with Crippen LogP contribution in [-0.2, 0) is 6.42 Å². The molecule has 0 heterocycles. The normalized spacial score (nSPS) is 13.0. The molecule has 1 aromatic carbocycles. The van der Waals surface area contributed by atoms with Crippen molar-refractivity contribution in [2.45, 2.75) is 51.0 Å². The fourth-order valence-electron chi connectivity index (χ4n) is 1.62. The Kier molecular flexibility index (Phi) is 7.13. The van der Waals surface area contributed by atoms with E-state index in [4.69, 9.17) is 17.3 Å². The molecule has 0 radical (unpaired) electrons. The Morgan fingerprint density at radius 1 is 1.33 bits per heavy atom. The predicted molar refractivity (Wildman–Crippen MR) is 83.6 cm³/mol. The van der Waals surface area contributed by atoms with E-state index in [0.717, 1.165) is 29.5 Å². The zero-order chi connectivity index (χ0) is 13.5. The van der Waals surface area contributed by atoms with Crippen molar-refractivity contribution in [2.24, 2.45) is 11.7 Å². The number of hydrogen-bond acceptors (Lipinski definition) is 2.